The smallest absolute Gasteiger partial charge is 0.215 e. The van der Waals surface area contributed by atoms with E-state index in [1.165, 1.54) is 0 Å². The van der Waals surface area contributed by atoms with Crippen LogP contribution >= 0.6 is 12.2 Å². The average Bonchev–Trinajstić information content (AvgIpc) is 2.91. The largest absolute Gasteiger partial charge is 0.389 e. The number of imidazole rings is 1. The van der Waals surface area contributed by atoms with Crippen LogP contribution in [0.25, 0.3) is 0 Å². The minimum atomic E-state index is -3.44. The number of sulfonamides is 1. The Balaban J connectivity index is 1.99. The van der Waals surface area contributed by atoms with Gasteiger partial charge in [-0.1, -0.05) is 36.5 Å². The van der Waals surface area contributed by atoms with Crippen molar-refractivity contribution in [2.45, 2.75) is 12.3 Å². The molecule has 3 N–H and O–H groups in total. The maximum absolute atomic E-state index is 12.1. The number of hydrogen-bond donors (Lipinski definition) is 2. The van der Waals surface area contributed by atoms with Gasteiger partial charge in [0.05, 0.1) is 12.1 Å². The van der Waals surface area contributed by atoms with E-state index in [1.807, 2.05) is 0 Å². The van der Waals surface area contributed by atoms with E-state index in [2.05, 4.69) is 9.71 Å². The molecule has 1 aromatic heterocycles. The summed E-state index contributed by atoms with van der Waals surface area (Å²) in [6.45, 7) is 0.824. The van der Waals surface area contributed by atoms with E-state index in [0.29, 0.717) is 24.2 Å². The Morgan fingerprint density at radius 3 is 2.81 bits per heavy atom. The molecule has 0 aliphatic carbocycles. The van der Waals surface area contributed by atoms with Gasteiger partial charge >= 0.3 is 0 Å². The van der Waals surface area contributed by atoms with E-state index in [4.69, 9.17) is 18.0 Å². The standard InChI is InChI=1S/C13H16N4O2S2/c14-13(20)12-4-2-1-3-11(12)9-21(18,19)16-6-8-17-7-5-15-10-17/h1-5,7,10,16H,6,8-9H2,(H2,14,20). The maximum Gasteiger partial charge on any atom is 0.215 e. The van der Waals surface area contributed by atoms with Crippen molar-refractivity contribution in [1.29, 1.82) is 0 Å². The van der Waals surface area contributed by atoms with Crippen molar-refractivity contribution >= 4 is 27.2 Å². The van der Waals surface area contributed by atoms with Gasteiger partial charge in [0.15, 0.2) is 0 Å². The number of nitrogens with zero attached hydrogens (tertiary/aromatic N) is 2. The van der Waals surface area contributed by atoms with Crippen molar-refractivity contribution in [3.05, 3.63) is 54.1 Å². The monoisotopic (exact) mass is 324 g/mol. The molecule has 0 unspecified atom stereocenters. The first-order chi connectivity index (χ1) is 9.98. The van der Waals surface area contributed by atoms with Gasteiger partial charge < -0.3 is 10.3 Å². The summed E-state index contributed by atoms with van der Waals surface area (Å²) in [6, 6.07) is 6.97. The van der Waals surface area contributed by atoms with Gasteiger partial charge in [-0.3, -0.25) is 0 Å². The summed E-state index contributed by atoms with van der Waals surface area (Å²) in [5.41, 5.74) is 6.79. The summed E-state index contributed by atoms with van der Waals surface area (Å²) >= 11 is 4.93. The molecule has 2 aromatic rings. The first-order valence-corrected chi connectivity index (χ1v) is 8.35. The molecule has 1 aromatic carbocycles. The van der Waals surface area contributed by atoms with Crippen LogP contribution in [0.4, 0.5) is 0 Å². The number of hydrogen-bond acceptors (Lipinski definition) is 4. The van der Waals surface area contributed by atoms with Crippen LogP contribution in [0.1, 0.15) is 11.1 Å². The highest BCUT2D eigenvalue weighted by Crippen LogP contribution is 2.12. The molecular formula is C13H16N4O2S2. The third kappa shape index (κ3) is 4.62. The predicted molar refractivity (Wildman–Crippen MR) is 85.2 cm³/mol. The van der Waals surface area contributed by atoms with Gasteiger partial charge in [0.1, 0.15) is 4.99 Å². The molecule has 112 valence electrons. The van der Waals surface area contributed by atoms with Crippen molar-refractivity contribution in [3.8, 4) is 0 Å². The average molecular weight is 324 g/mol. The Hall–Kier alpha value is -1.77. The first-order valence-electron chi connectivity index (χ1n) is 6.29. The zero-order valence-electron chi connectivity index (χ0n) is 11.3. The van der Waals surface area contributed by atoms with Crippen LogP contribution in [0, 0.1) is 0 Å². The van der Waals surface area contributed by atoms with Gasteiger partial charge in [-0.05, 0) is 5.56 Å². The van der Waals surface area contributed by atoms with E-state index < -0.39 is 10.0 Å². The molecule has 0 atom stereocenters. The minimum absolute atomic E-state index is 0.148. The topological polar surface area (TPSA) is 90.0 Å². The molecule has 0 fully saturated rings. The van der Waals surface area contributed by atoms with Crippen LogP contribution in [0.5, 0.6) is 0 Å². The lowest BCUT2D eigenvalue weighted by Gasteiger charge is -2.10. The van der Waals surface area contributed by atoms with Crippen LogP contribution in [0.2, 0.25) is 0 Å². The summed E-state index contributed by atoms with van der Waals surface area (Å²) < 4.78 is 28.5. The van der Waals surface area contributed by atoms with E-state index in [0.717, 1.165) is 0 Å². The van der Waals surface area contributed by atoms with Crippen molar-refractivity contribution < 1.29 is 8.42 Å². The minimum Gasteiger partial charge on any atom is -0.389 e. The molecule has 0 radical (unpaired) electrons. The van der Waals surface area contributed by atoms with Gasteiger partial charge in [0.25, 0.3) is 0 Å². The Bertz CT molecular complexity index is 712. The molecule has 8 heteroatoms. The van der Waals surface area contributed by atoms with Gasteiger partial charge in [-0.25, -0.2) is 18.1 Å². The lowest BCUT2D eigenvalue weighted by molar-refractivity contribution is 0.572. The quantitative estimate of drug-likeness (QED) is 0.729. The lowest BCUT2D eigenvalue weighted by atomic mass is 10.1. The second-order valence-electron chi connectivity index (χ2n) is 4.48. The van der Waals surface area contributed by atoms with Crippen molar-refractivity contribution in [2.75, 3.05) is 6.54 Å². The molecule has 6 nitrogen and oxygen atoms in total. The van der Waals surface area contributed by atoms with E-state index in [1.54, 1.807) is 47.6 Å². The van der Waals surface area contributed by atoms with Crippen LogP contribution in [0.3, 0.4) is 0 Å². The Kier molecular flexibility index (Phi) is 5.05. The fraction of sp³-hybridized carbons (Fsp3) is 0.231. The number of thiocarbonyl (C=S) groups is 1. The van der Waals surface area contributed by atoms with Crippen molar-refractivity contribution in [2.24, 2.45) is 5.73 Å². The van der Waals surface area contributed by atoms with Crippen LogP contribution in [-0.2, 0) is 22.3 Å². The molecule has 0 bridgehead atoms. The molecule has 0 saturated carbocycles. The first kappa shape index (κ1) is 15.6. The SMILES string of the molecule is NC(=S)c1ccccc1CS(=O)(=O)NCCn1ccnc1. The fourth-order valence-corrected chi connectivity index (χ4v) is 3.26. The van der Waals surface area contributed by atoms with Crippen LogP contribution < -0.4 is 10.5 Å². The fourth-order valence-electron chi connectivity index (χ4n) is 1.89. The van der Waals surface area contributed by atoms with E-state index >= 15 is 0 Å². The zero-order valence-corrected chi connectivity index (χ0v) is 12.9. The van der Waals surface area contributed by atoms with Gasteiger partial charge in [-0.15, -0.1) is 0 Å². The number of nitrogens with one attached hydrogen (secondary N) is 1. The molecule has 21 heavy (non-hydrogen) atoms. The molecule has 0 saturated heterocycles. The second-order valence-corrected chi connectivity index (χ2v) is 6.72. The molecule has 0 aliphatic heterocycles. The molecule has 0 aliphatic rings. The summed E-state index contributed by atoms with van der Waals surface area (Å²) in [4.78, 5) is 4.09. The number of aromatic nitrogens is 2. The van der Waals surface area contributed by atoms with E-state index in [9.17, 15) is 8.42 Å². The lowest BCUT2D eigenvalue weighted by Crippen LogP contribution is -2.29. The highest BCUT2D eigenvalue weighted by atomic mass is 32.2. The summed E-state index contributed by atoms with van der Waals surface area (Å²) in [6.07, 6.45) is 5.06. The normalized spacial score (nSPS) is 11.4. The van der Waals surface area contributed by atoms with Gasteiger partial charge in [0, 0.05) is 31.0 Å². The predicted octanol–water partition coefficient (Wildman–Crippen LogP) is 0.637. The molecule has 0 spiro atoms. The number of rotatable bonds is 7. The summed E-state index contributed by atoms with van der Waals surface area (Å²) in [5, 5.41) is 0. The molecule has 1 heterocycles. The molecule has 2 rings (SSSR count). The summed E-state index contributed by atoms with van der Waals surface area (Å²) in [5.74, 6) is -0.148. The van der Waals surface area contributed by atoms with Crippen molar-refractivity contribution in [1.82, 2.24) is 14.3 Å². The molecule has 0 amide bonds. The maximum atomic E-state index is 12.1. The van der Waals surface area contributed by atoms with E-state index in [-0.39, 0.29) is 10.7 Å². The van der Waals surface area contributed by atoms with Crippen LogP contribution in [-0.4, -0.2) is 29.5 Å². The number of nitrogens with two attached hydrogens (primary N) is 1. The second kappa shape index (κ2) is 6.79. The Labute approximate surface area is 129 Å². The Morgan fingerprint density at radius 2 is 2.14 bits per heavy atom. The van der Waals surface area contributed by atoms with Crippen molar-refractivity contribution in [3.63, 3.8) is 0 Å². The van der Waals surface area contributed by atoms with Gasteiger partial charge in [-0.2, -0.15) is 0 Å². The third-order valence-electron chi connectivity index (χ3n) is 2.88. The third-order valence-corrected chi connectivity index (χ3v) is 4.43. The number of benzene rings is 1. The Morgan fingerprint density at radius 1 is 1.38 bits per heavy atom. The van der Waals surface area contributed by atoms with Gasteiger partial charge in [0.2, 0.25) is 10.0 Å². The summed E-state index contributed by atoms with van der Waals surface area (Å²) in [7, 11) is -3.44. The zero-order chi connectivity index (χ0) is 15.3. The highest BCUT2D eigenvalue weighted by Gasteiger charge is 2.14. The highest BCUT2D eigenvalue weighted by molar-refractivity contribution is 7.88. The van der Waals surface area contributed by atoms with Crippen LogP contribution in [0.15, 0.2) is 43.0 Å². The molecular weight excluding hydrogens is 308 g/mol.